The standard InChI is InChI=1S/C14H18N4O3/c1-4-11(15-5-2)14-17-16-13(21-14)10-8-9(3)6-7-12(10)18(19)20/h6-8,11,15H,4-5H2,1-3H3. The van der Waals surface area contributed by atoms with Gasteiger partial charge in [0.2, 0.25) is 5.89 Å². The summed E-state index contributed by atoms with van der Waals surface area (Å²) >= 11 is 0. The Morgan fingerprint density at radius 1 is 1.38 bits per heavy atom. The molecule has 1 aromatic heterocycles. The van der Waals surface area contributed by atoms with Gasteiger partial charge in [0.15, 0.2) is 0 Å². The van der Waals surface area contributed by atoms with Gasteiger partial charge in [-0.2, -0.15) is 0 Å². The molecule has 0 saturated carbocycles. The lowest BCUT2D eigenvalue weighted by Crippen LogP contribution is -2.20. The summed E-state index contributed by atoms with van der Waals surface area (Å²) in [5.41, 5.74) is 1.21. The highest BCUT2D eigenvalue weighted by Crippen LogP contribution is 2.30. The number of nitrogens with one attached hydrogen (secondary N) is 1. The zero-order valence-corrected chi connectivity index (χ0v) is 12.3. The van der Waals surface area contributed by atoms with Crippen molar-refractivity contribution in [1.29, 1.82) is 0 Å². The zero-order chi connectivity index (χ0) is 15.4. The molecule has 0 aliphatic rings. The highest BCUT2D eigenvalue weighted by atomic mass is 16.6. The monoisotopic (exact) mass is 290 g/mol. The van der Waals surface area contributed by atoms with E-state index in [2.05, 4.69) is 15.5 Å². The normalized spacial score (nSPS) is 12.3. The molecule has 1 unspecified atom stereocenters. The predicted octanol–water partition coefficient (Wildman–Crippen LogP) is 3.01. The molecule has 0 amide bonds. The molecule has 21 heavy (non-hydrogen) atoms. The van der Waals surface area contributed by atoms with Gasteiger partial charge in [0, 0.05) is 6.07 Å². The van der Waals surface area contributed by atoms with Gasteiger partial charge in [-0.1, -0.05) is 19.9 Å². The quantitative estimate of drug-likeness (QED) is 0.649. The van der Waals surface area contributed by atoms with E-state index in [0.29, 0.717) is 11.5 Å². The fourth-order valence-corrected chi connectivity index (χ4v) is 2.12. The SMILES string of the molecule is CCNC(CC)c1nnc(-c2cc(C)ccc2[N+](=O)[O-])o1. The van der Waals surface area contributed by atoms with Crippen LogP contribution in [-0.4, -0.2) is 21.7 Å². The van der Waals surface area contributed by atoms with Gasteiger partial charge in [-0.3, -0.25) is 10.1 Å². The minimum atomic E-state index is -0.444. The average molecular weight is 290 g/mol. The third-order valence-corrected chi connectivity index (χ3v) is 3.18. The first kappa shape index (κ1) is 15.1. The van der Waals surface area contributed by atoms with Crippen LogP contribution in [0, 0.1) is 17.0 Å². The average Bonchev–Trinajstić information content (AvgIpc) is 2.93. The first-order valence-electron chi connectivity index (χ1n) is 6.89. The summed E-state index contributed by atoms with van der Waals surface area (Å²) in [5, 5.41) is 22.3. The number of aromatic nitrogens is 2. The molecule has 0 radical (unpaired) electrons. The second kappa shape index (κ2) is 6.45. The van der Waals surface area contributed by atoms with Crippen LogP contribution in [0.2, 0.25) is 0 Å². The Labute approximate surface area is 122 Å². The molecule has 0 bridgehead atoms. The van der Waals surface area contributed by atoms with E-state index < -0.39 is 4.92 Å². The van der Waals surface area contributed by atoms with E-state index in [9.17, 15) is 10.1 Å². The van der Waals surface area contributed by atoms with Crippen LogP contribution in [0.1, 0.15) is 37.8 Å². The third-order valence-electron chi connectivity index (χ3n) is 3.18. The molecule has 7 heteroatoms. The summed E-state index contributed by atoms with van der Waals surface area (Å²) in [6.07, 6.45) is 0.797. The van der Waals surface area contributed by atoms with Crippen LogP contribution in [0.3, 0.4) is 0 Å². The Bertz CT molecular complexity index is 639. The van der Waals surface area contributed by atoms with E-state index >= 15 is 0 Å². The topological polar surface area (TPSA) is 94.1 Å². The molecule has 1 aromatic carbocycles. The van der Waals surface area contributed by atoms with Crippen LogP contribution in [0.25, 0.3) is 11.5 Å². The molecule has 1 atom stereocenters. The summed E-state index contributed by atoms with van der Waals surface area (Å²) in [5.74, 6) is 0.627. The van der Waals surface area contributed by atoms with E-state index in [0.717, 1.165) is 18.5 Å². The van der Waals surface area contributed by atoms with E-state index in [1.165, 1.54) is 6.07 Å². The maximum absolute atomic E-state index is 11.1. The second-order valence-corrected chi connectivity index (χ2v) is 4.74. The number of nitrogens with zero attached hydrogens (tertiary/aromatic N) is 3. The summed E-state index contributed by atoms with van der Waals surface area (Å²) in [6, 6.07) is 4.78. The number of nitro groups is 1. The molecule has 1 N–H and O–H groups in total. The smallest absolute Gasteiger partial charge is 0.282 e. The molecule has 2 rings (SSSR count). The molecule has 0 aliphatic heterocycles. The van der Waals surface area contributed by atoms with Gasteiger partial charge < -0.3 is 9.73 Å². The van der Waals surface area contributed by atoms with Crippen LogP contribution in [0.15, 0.2) is 22.6 Å². The van der Waals surface area contributed by atoms with Crippen molar-refractivity contribution in [1.82, 2.24) is 15.5 Å². The first-order chi connectivity index (χ1) is 10.1. The van der Waals surface area contributed by atoms with Gasteiger partial charge in [-0.15, -0.1) is 10.2 Å². The van der Waals surface area contributed by atoms with Crippen molar-refractivity contribution in [2.45, 2.75) is 33.2 Å². The number of benzene rings is 1. The Morgan fingerprint density at radius 2 is 2.14 bits per heavy atom. The largest absolute Gasteiger partial charge is 0.419 e. The molecule has 0 aliphatic carbocycles. The zero-order valence-electron chi connectivity index (χ0n) is 12.3. The van der Waals surface area contributed by atoms with Crippen LogP contribution in [0.5, 0.6) is 0 Å². The summed E-state index contributed by atoms with van der Waals surface area (Å²) < 4.78 is 5.63. The van der Waals surface area contributed by atoms with Crippen molar-refractivity contribution in [2.75, 3.05) is 6.54 Å². The number of hydrogen-bond acceptors (Lipinski definition) is 6. The van der Waals surface area contributed by atoms with Gasteiger partial charge in [0.05, 0.1) is 11.0 Å². The summed E-state index contributed by atoms with van der Waals surface area (Å²) in [4.78, 5) is 10.7. The third kappa shape index (κ3) is 3.25. The van der Waals surface area contributed by atoms with Gasteiger partial charge in [0.25, 0.3) is 11.6 Å². The molecule has 1 heterocycles. The fraction of sp³-hybridized carbons (Fsp3) is 0.429. The van der Waals surface area contributed by atoms with Crippen molar-refractivity contribution in [3.05, 3.63) is 39.8 Å². The van der Waals surface area contributed by atoms with Gasteiger partial charge in [-0.05, 0) is 31.5 Å². The van der Waals surface area contributed by atoms with Gasteiger partial charge in [-0.25, -0.2) is 0 Å². The maximum Gasteiger partial charge on any atom is 0.282 e. The van der Waals surface area contributed by atoms with Crippen LogP contribution >= 0.6 is 0 Å². The van der Waals surface area contributed by atoms with Crippen molar-refractivity contribution >= 4 is 5.69 Å². The molecular formula is C14H18N4O3. The van der Waals surface area contributed by atoms with E-state index in [4.69, 9.17) is 4.42 Å². The minimum Gasteiger partial charge on any atom is -0.419 e. The van der Waals surface area contributed by atoms with Crippen molar-refractivity contribution in [3.8, 4) is 11.5 Å². The minimum absolute atomic E-state index is 0.0349. The first-order valence-corrected chi connectivity index (χ1v) is 6.89. The summed E-state index contributed by atoms with van der Waals surface area (Å²) in [6.45, 7) is 6.64. The molecule has 112 valence electrons. The molecule has 0 fully saturated rings. The van der Waals surface area contributed by atoms with E-state index in [-0.39, 0.29) is 17.6 Å². The summed E-state index contributed by atoms with van der Waals surface area (Å²) in [7, 11) is 0. The van der Waals surface area contributed by atoms with Crippen molar-refractivity contribution in [2.24, 2.45) is 0 Å². The highest BCUT2D eigenvalue weighted by Gasteiger charge is 2.22. The Kier molecular flexibility index (Phi) is 4.64. The Balaban J connectivity index is 2.41. The molecule has 0 spiro atoms. The Morgan fingerprint density at radius 3 is 2.76 bits per heavy atom. The number of nitro benzene ring substituents is 1. The molecule has 0 saturated heterocycles. The van der Waals surface area contributed by atoms with E-state index in [1.807, 2.05) is 20.8 Å². The lowest BCUT2D eigenvalue weighted by atomic mass is 10.1. The van der Waals surface area contributed by atoms with Crippen molar-refractivity contribution in [3.63, 3.8) is 0 Å². The van der Waals surface area contributed by atoms with Crippen LogP contribution in [-0.2, 0) is 0 Å². The van der Waals surface area contributed by atoms with Crippen LogP contribution < -0.4 is 5.32 Å². The number of hydrogen-bond donors (Lipinski definition) is 1. The lowest BCUT2D eigenvalue weighted by molar-refractivity contribution is -0.384. The highest BCUT2D eigenvalue weighted by molar-refractivity contribution is 5.67. The molecular weight excluding hydrogens is 272 g/mol. The predicted molar refractivity (Wildman–Crippen MR) is 77.8 cm³/mol. The fourth-order valence-electron chi connectivity index (χ4n) is 2.12. The van der Waals surface area contributed by atoms with Gasteiger partial charge in [0.1, 0.15) is 5.56 Å². The lowest BCUT2D eigenvalue weighted by Gasteiger charge is -2.10. The second-order valence-electron chi connectivity index (χ2n) is 4.74. The Hall–Kier alpha value is -2.28. The number of rotatable bonds is 6. The van der Waals surface area contributed by atoms with Gasteiger partial charge >= 0.3 is 0 Å². The van der Waals surface area contributed by atoms with Crippen molar-refractivity contribution < 1.29 is 9.34 Å². The molecule has 7 nitrogen and oxygen atoms in total. The molecule has 2 aromatic rings. The maximum atomic E-state index is 11.1. The number of aryl methyl sites for hydroxylation is 1. The van der Waals surface area contributed by atoms with E-state index in [1.54, 1.807) is 12.1 Å². The van der Waals surface area contributed by atoms with Crippen LogP contribution in [0.4, 0.5) is 5.69 Å².